The molecule has 0 unspecified atom stereocenters. The Morgan fingerprint density at radius 3 is 2.50 bits per heavy atom. The zero-order chi connectivity index (χ0) is 21.1. The van der Waals surface area contributed by atoms with Crippen LogP contribution in [0.15, 0.2) is 71.9 Å². The Balaban J connectivity index is 1.69. The molecule has 0 fully saturated rings. The number of fused-ring (bicyclic) bond motifs is 1. The number of benzene rings is 2. The minimum Gasteiger partial charge on any atom is -0.279 e. The molecule has 2 aromatic heterocycles. The fourth-order valence-electron chi connectivity index (χ4n) is 3.14. The zero-order valence-corrected chi connectivity index (χ0v) is 18.8. The standard InChI is InChI=1S/C24H23N3OS2/c1-16(2)29-20-7-5-19(6-8-20)23(28)27(15-18-10-12-25-13-11-18)24-26-21-9-4-17(3)14-22(21)30-24/h4-14,16H,15H2,1-3H3. The number of nitrogens with zero attached hydrogens (tertiary/aromatic N) is 3. The van der Waals surface area contributed by atoms with Crippen LogP contribution in [0.2, 0.25) is 0 Å². The Hall–Kier alpha value is -2.70. The first-order valence-corrected chi connectivity index (χ1v) is 11.5. The first-order chi connectivity index (χ1) is 14.5. The van der Waals surface area contributed by atoms with Crippen LogP contribution in [0.25, 0.3) is 10.2 Å². The lowest BCUT2D eigenvalue weighted by atomic mass is 10.2. The van der Waals surface area contributed by atoms with E-state index < -0.39 is 0 Å². The molecule has 0 bridgehead atoms. The van der Waals surface area contributed by atoms with Crippen LogP contribution >= 0.6 is 23.1 Å². The second-order valence-corrected chi connectivity index (χ2v) is 10.1. The van der Waals surface area contributed by atoms with E-state index in [0.717, 1.165) is 20.7 Å². The van der Waals surface area contributed by atoms with Gasteiger partial charge >= 0.3 is 0 Å². The minimum atomic E-state index is -0.0521. The normalized spacial score (nSPS) is 11.2. The zero-order valence-electron chi connectivity index (χ0n) is 17.2. The molecule has 152 valence electrons. The van der Waals surface area contributed by atoms with Crippen LogP contribution in [-0.4, -0.2) is 21.1 Å². The van der Waals surface area contributed by atoms with Gasteiger partial charge in [-0.2, -0.15) is 0 Å². The molecular formula is C24H23N3OS2. The number of thioether (sulfide) groups is 1. The van der Waals surface area contributed by atoms with Gasteiger partial charge in [-0.15, -0.1) is 11.8 Å². The Morgan fingerprint density at radius 2 is 1.80 bits per heavy atom. The molecule has 0 aliphatic carbocycles. The lowest BCUT2D eigenvalue weighted by Crippen LogP contribution is -2.30. The van der Waals surface area contributed by atoms with Crippen molar-refractivity contribution >= 4 is 44.4 Å². The number of rotatable bonds is 6. The molecule has 4 rings (SSSR count). The summed E-state index contributed by atoms with van der Waals surface area (Å²) in [6, 6.07) is 17.9. The number of aryl methyl sites for hydroxylation is 1. The second kappa shape index (κ2) is 8.98. The molecule has 2 heterocycles. The van der Waals surface area contributed by atoms with E-state index in [4.69, 9.17) is 4.98 Å². The predicted octanol–water partition coefficient (Wildman–Crippen LogP) is 6.35. The number of carbonyl (C=O) groups is 1. The van der Waals surface area contributed by atoms with Crippen molar-refractivity contribution in [3.63, 3.8) is 0 Å². The Labute approximate surface area is 185 Å². The molecule has 1 amide bonds. The molecule has 4 nitrogen and oxygen atoms in total. The molecule has 0 atom stereocenters. The summed E-state index contributed by atoms with van der Waals surface area (Å²) in [5, 5.41) is 1.21. The molecule has 0 aliphatic heterocycles. The summed E-state index contributed by atoms with van der Waals surface area (Å²) in [5.74, 6) is -0.0521. The Morgan fingerprint density at radius 1 is 1.07 bits per heavy atom. The average Bonchev–Trinajstić information content (AvgIpc) is 3.15. The molecular weight excluding hydrogens is 410 g/mol. The van der Waals surface area contributed by atoms with Crippen molar-refractivity contribution in [2.75, 3.05) is 4.90 Å². The molecule has 4 aromatic rings. The van der Waals surface area contributed by atoms with Crippen molar-refractivity contribution in [2.45, 2.75) is 37.5 Å². The van der Waals surface area contributed by atoms with Crippen molar-refractivity contribution in [2.24, 2.45) is 0 Å². The van der Waals surface area contributed by atoms with E-state index in [1.54, 1.807) is 40.4 Å². The van der Waals surface area contributed by atoms with Crippen LogP contribution in [0.3, 0.4) is 0 Å². The van der Waals surface area contributed by atoms with Crippen LogP contribution in [0.4, 0.5) is 5.13 Å². The number of thiazole rings is 1. The average molecular weight is 434 g/mol. The van der Waals surface area contributed by atoms with Crippen LogP contribution in [-0.2, 0) is 6.54 Å². The molecule has 0 saturated carbocycles. The number of hydrogen-bond acceptors (Lipinski definition) is 5. The fourth-order valence-corrected chi connectivity index (χ4v) is 5.04. The summed E-state index contributed by atoms with van der Waals surface area (Å²) in [6.45, 7) is 6.84. The van der Waals surface area contributed by atoms with E-state index in [1.165, 1.54) is 5.56 Å². The van der Waals surface area contributed by atoms with E-state index in [1.807, 2.05) is 48.5 Å². The molecule has 0 saturated heterocycles. The van der Waals surface area contributed by atoms with Crippen LogP contribution in [0.5, 0.6) is 0 Å². The van der Waals surface area contributed by atoms with Gasteiger partial charge in [0.25, 0.3) is 5.91 Å². The number of hydrogen-bond donors (Lipinski definition) is 0. The summed E-state index contributed by atoms with van der Waals surface area (Å²) < 4.78 is 1.08. The maximum absolute atomic E-state index is 13.5. The lowest BCUT2D eigenvalue weighted by Gasteiger charge is -2.20. The Kier molecular flexibility index (Phi) is 6.16. The van der Waals surface area contributed by atoms with Gasteiger partial charge in [-0.25, -0.2) is 4.98 Å². The van der Waals surface area contributed by atoms with Crippen molar-refractivity contribution in [3.8, 4) is 0 Å². The van der Waals surface area contributed by atoms with E-state index in [2.05, 4.69) is 31.8 Å². The lowest BCUT2D eigenvalue weighted by molar-refractivity contribution is 0.0985. The smallest absolute Gasteiger partial charge is 0.260 e. The number of aromatic nitrogens is 2. The molecule has 0 N–H and O–H groups in total. The second-order valence-electron chi connectivity index (χ2n) is 7.41. The quantitative estimate of drug-likeness (QED) is 0.333. The third-order valence-corrected chi connectivity index (χ3v) is 6.63. The third kappa shape index (κ3) is 4.71. The molecule has 30 heavy (non-hydrogen) atoms. The van der Waals surface area contributed by atoms with Gasteiger partial charge in [-0.3, -0.25) is 14.7 Å². The van der Waals surface area contributed by atoms with Gasteiger partial charge < -0.3 is 0 Å². The van der Waals surface area contributed by atoms with E-state index >= 15 is 0 Å². The van der Waals surface area contributed by atoms with Gasteiger partial charge in [0.15, 0.2) is 5.13 Å². The molecule has 0 spiro atoms. The van der Waals surface area contributed by atoms with Gasteiger partial charge in [-0.1, -0.05) is 31.3 Å². The summed E-state index contributed by atoms with van der Waals surface area (Å²) in [4.78, 5) is 25.3. The van der Waals surface area contributed by atoms with Crippen molar-refractivity contribution in [1.29, 1.82) is 0 Å². The highest BCUT2D eigenvalue weighted by atomic mass is 32.2. The van der Waals surface area contributed by atoms with Crippen LogP contribution in [0, 0.1) is 6.92 Å². The maximum atomic E-state index is 13.5. The van der Waals surface area contributed by atoms with Crippen LogP contribution in [0.1, 0.15) is 35.3 Å². The topological polar surface area (TPSA) is 46.1 Å². The highest BCUT2D eigenvalue weighted by Crippen LogP contribution is 2.32. The molecule has 2 aromatic carbocycles. The van der Waals surface area contributed by atoms with E-state index in [9.17, 15) is 4.79 Å². The number of pyridine rings is 1. The molecule has 0 aliphatic rings. The monoisotopic (exact) mass is 433 g/mol. The van der Waals surface area contributed by atoms with Crippen LogP contribution < -0.4 is 4.90 Å². The summed E-state index contributed by atoms with van der Waals surface area (Å²) in [5.41, 5.74) is 3.77. The first-order valence-electron chi connectivity index (χ1n) is 9.84. The highest BCUT2D eigenvalue weighted by Gasteiger charge is 2.22. The maximum Gasteiger partial charge on any atom is 0.260 e. The molecule has 6 heteroatoms. The van der Waals surface area contributed by atoms with Gasteiger partial charge in [0.05, 0.1) is 16.8 Å². The first kappa shape index (κ1) is 20.6. The van der Waals surface area contributed by atoms with Crippen molar-refractivity contribution in [3.05, 3.63) is 83.7 Å². The predicted molar refractivity (Wildman–Crippen MR) is 127 cm³/mol. The summed E-state index contributed by atoms with van der Waals surface area (Å²) in [7, 11) is 0. The fraction of sp³-hybridized carbons (Fsp3) is 0.208. The molecule has 0 radical (unpaired) electrons. The van der Waals surface area contributed by atoms with Gasteiger partial charge in [0.2, 0.25) is 0 Å². The van der Waals surface area contributed by atoms with Crippen molar-refractivity contribution in [1.82, 2.24) is 9.97 Å². The van der Waals surface area contributed by atoms with Gasteiger partial charge in [-0.05, 0) is 66.6 Å². The van der Waals surface area contributed by atoms with Crippen molar-refractivity contribution < 1.29 is 4.79 Å². The number of carbonyl (C=O) groups excluding carboxylic acids is 1. The summed E-state index contributed by atoms with van der Waals surface area (Å²) >= 11 is 3.34. The third-order valence-electron chi connectivity index (χ3n) is 4.57. The van der Waals surface area contributed by atoms with Gasteiger partial charge in [0, 0.05) is 28.1 Å². The number of amides is 1. The van der Waals surface area contributed by atoms with E-state index in [0.29, 0.717) is 22.5 Å². The van der Waals surface area contributed by atoms with E-state index in [-0.39, 0.29) is 5.91 Å². The minimum absolute atomic E-state index is 0.0521. The largest absolute Gasteiger partial charge is 0.279 e. The summed E-state index contributed by atoms with van der Waals surface area (Å²) in [6.07, 6.45) is 3.50. The Bertz CT molecular complexity index is 1150. The van der Waals surface area contributed by atoms with Gasteiger partial charge in [0.1, 0.15) is 0 Å². The SMILES string of the molecule is Cc1ccc2nc(N(Cc3ccncc3)C(=O)c3ccc(SC(C)C)cc3)sc2c1. The highest BCUT2D eigenvalue weighted by molar-refractivity contribution is 7.99. The number of anilines is 1.